The largest absolute Gasteiger partial charge is 0.495 e. The van der Waals surface area contributed by atoms with Gasteiger partial charge in [0.05, 0.1) is 19.4 Å². The van der Waals surface area contributed by atoms with Crippen molar-refractivity contribution < 1.29 is 9.84 Å². The zero-order chi connectivity index (χ0) is 11.4. The van der Waals surface area contributed by atoms with E-state index >= 15 is 0 Å². The number of ether oxygens (including phenoxy) is 1. The number of aliphatic hydroxyl groups is 1. The van der Waals surface area contributed by atoms with E-state index in [2.05, 4.69) is 5.32 Å². The van der Waals surface area contributed by atoms with Gasteiger partial charge in [-0.15, -0.1) is 0 Å². The van der Waals surface area contributed by atoms with Crippen LogP contribution >= 0.6 is 0 Å². The summed E-state index contributed by atoms with van der Waals surface area (Å²) in [7, 11) is 1.67. The summed E-state index contributed by atoms with van der Waals surface area (Å²) in [6.07, 6.45) is 3.46. The number of hydrogen-bond acceptors (Lipinski definition) is 3. The number of rotatable bonds is 5. The molecule has 0 saturated heterocycles. The number of nitrogens with one attached hydrogen (secondary N) is 1. The number of methoxy groups -OCH3 is 1. The fourth-order valence-electron chi connectivity index (χ4n) is 2.14. The Balaban J connectivity index is 1.98. The molecule has 0 amide bonds. The van der Waals surface area contributed by atoms with Crippen molar-refractivity contribution in [1.29, 1.82) is 0 Å². The molecule has 3 heteroatoms. The molecule has 0 radical (unpaired) electrons. The summed E-state index contributed by atoms with van der Waals surface area (Å²) < 4.78 is 5.27. The molecule has 0 heterocycles. The fourth-order valence-corrected chi connectivity index (χ4v) is 2.14. The summed E-state index contributed by atoms with van der Waals surface area (Å²) >= 11 is 0. The third-order valence-corrected chi connectivity index (χ3v) is 3.51. The van der Waals surface area contributed by atoms with Crippen molar-refractivity contribution in [3.8, 4) is 5.75 Å². The highest BCUT2D eigenvalue weighted by atomic mass is 16.5. The predicted octanol–water partition coefficient (Wildman–Crippen LogP) is 2.27. The van der Waals surface area contributed by atoms with E-state index < -0.39 is 0 Å². The molecule has 1 aromatic rings. The number of benzene rings is 1. The standard InChI is InChI=1S/C13H19NO2/c1-16-12-6-3-2-5-11(12)14-9-13(10-15)7-4-8-13/h2-3,5-6,14-15H,4,7-10H2,1H3. The number of para-hydroxylation sites is 2. The monoisotopic (exact) mass is 221 g/mol. The van der Waals surface area contributed by atoms with Crippen LogP contribution in [0.25, 0.3) is 0 Å². The topological polar surface area (TPSA) is 41.5 Å². The van der Waals surface area contributed by atoms with E-state index in [0.717, 1.165) is 30.8 Å². The maximum atomic E-state index is 9.37. The number of hydrogen-bond donors (Lipinski definition) is 2. The minimum atomic E-state index is 0.0981. The first-order chi connectivity index (χ1) is 7.79. The van der Waals surface area contributed by atoms with E-state index in [1.54, 1.807) is 7.11 Å². The summed E-state index contributed by atoms with van der Waals surface area (Å²) in [5.41, 5.74) is 1.10. The SMILES string of the molecule is COc1ccccc1NCC1(CO)CCC1. The lowest BCUT2D eigenvalue weighted by Crippen LogP contribution is -2.39. The summed E-state index contributed by atoms with van der Waals surface area (Å²) in [5, 5.41) is 12.7. The smallest absolute Gasteiger partial charge is 0.141 e. The highest BCUT2D eigenvalue weighted by Crippen LogP contribution is 2.40. The van der Waals surface area contributed by atoms with Crippen molar-refractivity contribution >= 4 is 5.69 Å². The molecule has 1 aromatic carbocycles. The average Bonchev–Trinajstić information content (AvgIpc) is 2.29. The summed E-state index contributed by atoms with van der Waals surface area (Å²) in [5.74, 6) is 0.856. The van der Waals surface area contributed by atoms with Crippen LogP contribution in [0.1, 0.15) is 19.3 Å². The van der Waals surface area contributed by atoms with Gasteiger partial charge in [-0.25, -0.2) is 0 Å². The van der Waals surface area contributed by atoms with Gasteiger partial charge in [0.15, 0.2) is 0 Å². The van der Waals surface area contributed by atoms with Crippen molar-refractivity contribution in [3.63, 3.8) is 0 Å². The molecule has 1 fully saturated rings. The average molecular weight is 221 g/mol. The van der Waals surface area contributed by atoms with Gasteiger partial charge >= 0.3 is 0 Å². The van der Waals surface area contributed by atoms with Gasteiger partial charge in [0.2, 0.25) is 0 Å². The van der Waals surface area contributed by atoms with Gasteiger partial charge in [-0.3, -0.25) is 0 Å². The molecule has 0 bridgehead atoms. The lowest BCUT2D eigenvalue weighted by Gasteiger charge is -2.40. The Hall–Kier alpha value is -1.22. The highest BCUT2D eigenvalue weighted by molar-refractivity contribution is 5.56. The third kappa shape index (κ3) is 2.14. The summed E-state index contributed by atoms with van der Waals surface area (Å²) in [6.45, 7) is 1.10. The number of anilines is 1. The summed E-state index contributed by atoms with van der Waals surface area (Å²) in [6, 6.07) is 7.88. The van der Waals surface area contributed by atoms with Crippen LogP contribution in [0.5, 0.6) is 5.75 Å². The Morgan fingerprint density at radius 3 is 2.69 bits per heavy atom. The van der Waals surface area contributed by atoms with Gasteiger partial charge in [-0.05, 0) is 25.0 Å². The zero-order valence-electron chi connectivity index (χ0n) is 9.70. The summed E-state index contributed by atoms with van der Waals surface area (Å²) in [4.78, 5) is 0. The van der Waals surface area contributed by atoms with Gasteiger partial charge in [0, 0.05) is 12.0 Å². The Labute approximate surface area is 96.4 Å². The van der Waals surface area contributed by atoms with E-state index in [-0.39, 0.29) is 12.0 Å². The van der Waals surface area contributed by atoms with Crippen LogP contribution in [0.15, 0.2) is 24.3 Å². The molecule has 2 rings (SSSR count). The third-order valence-electron chi connectivity index (χ3n) is 3.51. The molecule has 0 unspecified atom stereocenters. The Bertz CT molecular complexity index is 342. The van der Waals surface area contributed by atoms with Crippen LogP contribution < -0.4 is 10.1 Å². The second-order valence-corrected chi connectivity index (χ2v) is 4.57. The molecule has 1 aliphatic rings. The van der Waals surface area contributed by atoms with E-state index in [9.17, 15) is 5.11 Å². The first-order valence-corrected chi connectivity index (χ1v) is 5.77. The Morgan fingerprint density at radius 2 is 2.12 bits per heavy atom. The van der Waals surface area contributed by atoms with Crippen LogP contribution in [-0.4, -0.2) is 25.4 Å². The molecule has 3 nitrogen and oxygen atoms in total. The van der Waals surface area contributed by atoms with Crippen LogP contribution in [-0.2, 0) is 0 Å². The zero-order valence-corrected chi connectivity index (χ0v) is 9.70. The fraction of sp³-hybridized carbons (Fsp3) is 0.538. The first kappa shape index (κ1) is 11.3. The second kappa shape index (κ2) is 4.74. The van der Waals surface area contributed by atoms with Crippen molar-refractivity contribution in [2.45, 2.75) is 19.3 Å². The van der Waals surface area contributed by atoms with Crippen LogP contribution in [0.2, 0.25) is 0 Å². The molecule has 16 heavy (non-hydrogen) atoms. The molecule has 1 aliphatic carbocycles. The molecule has 1 saturated carbocycles. The normalized spacial score (nSPS) is 17.6. The van der Waals surface area contributed by atoms with E-state index in [0.29, 0.717) is 0 Å². The maximum Gasteiger partial charge on any atom is 0.141 e. The predicted molar refractivity (Wildman–Crippen MR) is 64.9 cm³/mol. The van der Waals surface area contributed by atoms with Crippen LogP contribution in [0, 0.1) is 5.41 Å². The first-order valence-electron chi connectivity index (χ1n) is 5.77. The maximum absolute atomic E-state index is 9.37. The Morgan fingerprint density at radius 1 is 1.38 bits per heavy atom. The minimum absolute atomic E-state index is 0.0981. The van der Waals surface area contributed by atoms with Crippen molar-refractivity contribution in [3.05, 3.63) is 24.3 Å². The van der Waals surface area contributed by atoms with E-state index in [1.807, 2.05) is 24.3 Å². The van der Waals surface area contributed by atoms with Gasteiger partial charge in [0.25, 0.3) is 0 Å². The van der Waals surface area contributed by atoms with Crippen LogP contribution in [0.3, 0.4) is 0 Å². The molecule has 88 valence electrons. The highest BCUT2D eigenvalue weighted by Gasteiger charge is 2.36. The van der Waals surface area contributed by atoms with Gasteiger partial charge in [-0.2, -0.15) is 0 Å². The molecule has 2 N–H and O–H groups in total. The van der Waals surface area contributed by atoms with Crippen LogP contribution in [0.4, 0.5) is 5.69 Å². The molecule has 0 atom stereocenters. The molecule has 0 aromatic heterocycles. The lowest BCUT2D eigenvalue weighted by atomic mass is 9.69. The quantitative estimate of drug-likeness (QED) is 0.801. The van der Waals surface area contributed by atoms with Crippen molar-refractivity contribution in [1.82, 2.24) is 0 Å². The molecular formula is C13H19NO2. The van der Waals surface area contributed by atoms with Gasteiger partial charge in [-0.1, -0.05) is 18.6 Å². The molecule has 0 spiro atoms. The second-order valence-electron chi connectivity index (χ2n) is 4.57. The van der Waals surface area contributed by atoms with Crippen molar-refractivity contribution in [2.24, 2.45) is 5.41 Å². The van der Waals surface area contributed by atoms with E-state index in [4.69, 9.17) is 4.74 Å². The van der Waals surface area contributed by atoms with Gasteiger partial charge < -0.3 is 15.2 Å². The molecule has 0 aliphatic heterocycles. The lowest BCUT2D eigenvalue weighted by molar-refractivity contribution is 0.0576. The molecular weight excluding hydrogens is 202 g/mol. The Kier molecular flexibility index (Phi) is 3.34. The number of aliphatic hydroxyl groups excluding tert-OH is 1. The van der Waals surface area contributed by atoms with Gasteiger partial charge in [0.1, 0.15) is 5.75 Å². The van der Waals surface area contributed by atoms with E-state index in [1.165, 1.54) is 6.42 Å². The van der Waals surface area contributed by atoms with Crippen molar-refractivity contribution in [2.75, 3.05) is 25.6 Å². The minimum Gasteiger partial charge on any atom is -0.495 e.